The molecule has 0 saturated heterocycles. The van der Waals surface area contributed by atoms with Gasteiger partial charge in [0.1, 0.15) is 23.3 Å². The zero-order chi connectivity index (χ0) is 15.9. The van der Waals surface area contributed by atoms with Crippen molar-refractivity contribution >= 4 is 0 Å². The van der Waals surface area contributed by atoms with Gasteiger partial charge in [-0.25, -0.2) is 4.39 Å². The lowest BCUT2D eigenvalue weighted by molar-refractivity contribution is 0.373. The number of ether oxygens (including phenoxy) is 1. The lowest BCUT2D eigenvalue weighted by Crippen LogP contribution is -2.29. The van der Waals surface area contributed by atoms with Gasteiger partial charge in [0.2, 0.25) is 11.8 Å². The second-order valence-corrected chi connectivity index (χ2v) is 4.85. The van der Waals surface area contributed by atoms with Gasteiger partial charge >= 0.3 is 0 Å². The highest BCUT2D eigenvalue weighted by Gasteiger charge is 2.34. The van der Waals surface area contributed by atoms with Crippen molar-refractivity contribution in [1.29, 1.82) is 5.26 Å². The van der Waals surface area contributed by atoms with Gasteiger partial charge in [0.25, 0.3) is 5.56 Å². The maximum atomic E-state index is 13.5. The summed E-state index contributed by atoms with van der Waals surface area (Å²) in [5.41, 5.74) is 5.93. The standard InChI is InChI=1S/C15H11FN4O2/c1-7-19-14(21)12-11(8-3-2-4-9(16)5-8)10(6-17)13(18)22-15(12)20-7/h2-5,11H,18H2,1H3,(H,19,20,21). The molecule has 3 rings (SSSR count). The van der Waals surface area contributed by atoms with E-state index in [9.17, 15) is 14.4 Å². The molecule has 1 aliphatic rings. The Morgan fingerprint density at radius 3 is 2.95 bits per heavy atom. The Labute approximate surface area is 124 Å². The normalized spacial score (nSPS) is 16.7. The Kier molecular flexibility index (Phi) is 3.14. The number of benzene rings is 1. The van der Waals surface area contributed by atoms with E-state index in [0.717, 1.165) is 0 Å². The third kappa shape index (κ3) is 2.11. The van der Waals surface area contributed by atoms with Crippen molar-refractivity contribution in [2.75, 3.05) is 0 Å². The molecule has 1 aromatic heterocycles. The number of nitrogens with two attached hydrogens (primary N) is 1. The third-order valence-electron chi connectivity index (χ3n) is 3.39. The Bertz CT molecular complexity index is 895. The fourth-order valence-corrected chi connectivity index (χ4v) is 2.49. The van der Waals surface area contributed by atoms with Gasteiger partial charge in [-0.2, -0.15) is 10.2 Å². The van der Waals surface area contributed by atoms with Crippen LogP contribution in [0.3, 0.4) is 0 Å². The minimum atomic E-state index is -0.818. The first-order valence-corrected chi connectivity index (χ1v) is 6.45. The highest BCUT2D eigenvalue weighted by molar-refractivity contribution is 5.52. The maximum absolute atomic E-state index is 13.5. The van der Waals surface area contributed by atoms with Crippen LogP contribution < -0.4 is 16.0 Å². The second-order valence-electron chi connectivity index (χ2n) is 4.85. The first kappa shape index (κ1) is 13.8. The van der Waals surface area contributed by atoms with Crippen molar-refractivity contribution in [2.45, 2.75) is 12.8 Å². The van der Waals surface area contributed by atoms with Crippen molar-refractivity contribution in [3.63, 3.8) is 0 Å². The number of nitriles is 1. The lowest BCUT2D eigenvalue weighted by Gasteiger charge is -2.24. The molecule has 1 atom stereocenters. The van der Waals surface area contributed by atoms with Gasteiger partial charge in [-0.3, -0.25) is 4.79 Å². The molecule has 3 N–H and O–H groups in total. The molecule has 2 aromatic rings. The van der Waals surface area contributed by atoms with Gasteiger partial charge < -0.3 is 15.5 Å². The molecule has 6 nitrogen and oxygen atoms in total. The third-order valence-corrected chi connectivity index (χ3v) is 3.39. The number of H-pyrrole nitrogens is 1. The number of aromatic amines is 1. The van der Waals surface area contributed by atoms with E-state index < -0.39 is 17.3 Å². The van der Waals surface area contributed by atoms with Crippen molar-refractivity contribution < 1.29 is 9.13 Å². The number of halogens is 1. The smallest absolute Gasteiger partial charge is 0.258 e. The second kappa shape index (κ2) is 5.00. The zero-order valence-electron chi connectivity index (χ0n) is 11.6. The van der Waals surface area contributed by atoms with Gasteiger partial charge in [0.05, 0.1) is 11.5 Å². The van der Waals surface area contributed by atoms with Crippen LogP contribution in [0, 0.1) is 24.1 Å². The number of allylic oxidation sites excluding steroid dienone is 1. The monoisotopic (exact) mass is 298 g/mol. The van der Waals surface area contributed by atoms with E-state index in [1.165, 1.54) is 18.2 Å². The Morgan fingerprint density at radius 1 is 1.50 bits per heavy atom. The number of rotatable bonds is 1. The molecule has 1 aliphatic heterocycles. The highest BCUT2D eigenvalue weighted by Crippen LogP contribution is 2.38. The highest BCUT2D eigenvalue weighted by atomic mass is 19.1. The summed E-state index contributed by atoms with van der Waals surface area (Å²) < 4.78 is 18.8. The largest absolute Gasteiger partial charge is 0.422 e. The van der Waals surface area contributed by atoms with Crippen LogP contribution in [0.15, 0.2) is 40.5 Å². The van der Waals surface area contributed by atoms with E-state index >= 15 is 0 Å². The average molecular weight is 298 g/mol. The molecule has 1 unspecified atom stereocenters. The van der Waals surface area contributed by atoms with Crippen LogP contribution in [0.4, 0.5) is 4.39 Å². The quantitative estimate of drug-likeness (QED) is 0.828. The topological polar surface area (TPSA) is 105 Å². The first-order chi connectivity index (χ1) is 10.5. The minimum absolute atomic E-state index is 0.0343. The van der Waals surface area contributed by atoms with Crippen molar-refractivity contribution in [3.8, 4) is 11.9 Å². The lowest BCUT2D eigenvalue weighted by atomic mass is 9.85. The molecule has 2 heterocycles. The molecule has 0 bridgehead atoms. The molecule has 0 radical (unpaired) electrons. The number of nitrogens with zero attached hydrogens (tertiary/aromatic N) is 2. The minimum Gasteiger partial charge on any atom is -0.422 e. The van der Waals surface area contributed by atoms with Crippen LogP contribution in [-0.2, 0) is 0 Å². The van der Waals surface area contributed by atoms with E-state index in [0.29, 0.717) is 11.4 Å². The summed E-state index contributed by atoms with van der Waals surface area (Å²) in [6, 6.07) is 7.58. The van der Waals surface area contributed by atoms with Crippen LogP contribution in [-0.4, -0.2) is 9.97 Å². The predicted octanol–water partition coefficient (Wildman–Crippen LogP) is 1.44. The van der Waals surface area contributed by atoms with E-state index in [4.69, 9.17) is 10.5 Å². The molecular weight excluding hydrogens is 287 g/mol. The summed E-state index contributed by atoms with van der Waals surface area (Å²) in [6.45, 7) is 1.60. The van der Waals surface area contributed by atoms with Gasteiger partial charge in [-0.15, -0.1) is 0 Å². The molecule has 0 spiro atoms. The SMILES string of the molecule is Cc1nc2c(c(=O)[nH]1)C(c1cccc(F)c1)C(C#N)=C(N)O2. The molecule has 110 valence electrons. The summed E-state index contributed by atoms with van der Waals surface area (Å²) in [6.07, 6.45) is 0. The summed E-state index contributed by atoms with van der Waals surface area (Å²) in [5.74, 6) is -1.04. The van der Waals surface area contributed by atoms with E-state index in [1.54, 1.807) is 13.0 Å². The number of aromatic nitrogens is 2. The van der Waals surface area contributed by atoms with Crippen molar-refractivity contribution in [1.82, 2.24) is 9.97 Å². The predicted molar refractivity (Wildman–Crippen MR) is 75.3 cm³/mol. The van der Waals surface area contributed by atoms with Gasteiger partial charge in [-0.1, -0.05) is 12.1 Å². The van der Waals surface area contributed by atoms with Gasteiger partial charge in [-0.05, 0) is 24.6 Å². The molecule has 22 heavy (non-hydrogen) atoms. The molecule has 1 aromatic carbocycles. The summed E-state index contributed by atoms with van der Waals surface area (Å²) in [7, 11) is 0. The number of aryl methyl sites for hydroxylation is 1. The van der Waals surface area contributed by atoms with Crippen LogP contribution in [0.1, 0.15) is 22.9 Å². The van der Waals surface area contributed by atoms with Crippen molar-refractivity contribution in [2.24, 2.45) is 5.73 Å². The summed E-state index contributed by atoms with van der Waals surface area (Å²) in [4.78, 5) is 18.9. The van der Waals surface area contributed by atoms with Crippen LogP contribution in [0.5, 0.6) is 5.88 Å². The Hall–Kier alpha value is -3.14. The van der Waals surface area contributed by atoms with E-state index in [-0.39, 0.29) is 22.9 Å². The molecule has 0 saturated carbocycles. The van der Waals surface area contributed by atoms with E-state index in [2.05, 4.69) is 9.97 Å². The molecule has 7 heteroatoms. The fraction of sp³-hybridized carbons (Fsp3) is 0.133. The number of nitrogens with one attached hydrogen (secondary N) is 1. The number of hydrogen-bond acceptors (Lipinski definition) is 5. The van der Waals surface area contributed by atoms with Crippen LogP contribution in [0.25, 0.3) is 0 Å². The average Bonchev–Trinajstić information content (AvgIpc) is 2.45. The summed E-state index contributed by atoms with van der Waals surface area (Å²) >= 11 is 0. The first-order valence-electron chi connectivity index (χ1n) is 6.45. The van der Waals surface area contributed by atoms with Crippen LogP contribution >= 0.6 is 0 Å². The number of hydrogen-bond donors (Lipinski definition) is 2. The Morgan fingerprint density at radius 2 is 2.27 bits per heavy atom. The Balaban J connectivity index is 2.32. The fourth-order valence-electron chi connectivity index (χ4n) is 2.49. The van der Waals surface area contributed by atoms with Crippen molar-refractivity contribution in [3.05, 3.63) is 68.8 Å². The number of fused-ring (bicyclic) bond motifs is 1. The molecular formula is C15H11FN4O2. The molecule has 0 fully saturated rings. The zero-order valence-corrected chi connectivity index (χ0v) is 11.6. The van der Waals surface area contributed by atoms with E-state index in [1.807, 2.05) is 6.07 Å². The maximum Gasteiger partial charge on any atom is 0.258 e. The molecule has 0 amide bonds. The van der Waals surface area contributed by atoms with Gasteiger partial charge in [0.15, 0.2) is 0 Å². The summed E-state index contributed by atoms with van der Waals surface area (Å²) in [5, 5.41) is 9.34. The molecule has 0 aliphatic carbocycles. The van der Waals surface area contributed by atoms with Crippen LogP contribution in [0.2, 0.25) is 0 Å². The van der Waals surface area contributed by atoms with Gasteiger partial charge in [0, 0.05) is 0 Å².